The molecule has 1 unspecified atom stereocenters. The van der Waals surface area contributed by atoms with Gasteiger partial charge in [-0.05, 0) is 33.2 Å². The van der Waals surface area contributed by atoms with E-state index in [1.165, 1.54) is 12.5 Å². The Morgan fingerprint density at radius 2 is 1.61 bits per heavy atom. The minimum atomic E-state index is -3.20. The van der Waals surface area contributed by atoms with Crippen LogP contribution in [0.5, 0.6) is 0 Å². The van der Waals surface area contributed by atoms with Crippen molar-refractivity contribution in [3.05, 3.63) is 0 Å². The van der Waals surface area contributed by atoms with Crippen LogP contribution in [0.15, 0.2) is 0 Å². The molecule has 0 aromatic carbocycles. The summed E-state index contributed by atoms with van der Waals surface area (Å²) in [6.45, 7) is 5.91. The summed E-state index contributed by atoms with van der Waals surface area (Å²) in [6, 6.07) is -0.237. The summed E-state index contributed by atoms with van der Waals surface area (Å²) in [7, 11) is -6.19. The van der Waals surface area contributed by atoms with Crippen LogP contribution in [-0.4, -0.2) is 52.4 Å². The van der Waals surface area contributed by atoms with Crippen LogP contribution in [0.25, 0.3) is 0 Å². The van der Waals surface area contributed by atoms with Gasteiger partial charge in [-0.15, -0.1) is 0 Å². The Kier molecular flexibility index (Phi) is 6.29. The van der Waals surface area contributed by atoms with E-state index >= 15 is 0 Å². The zero-order chi connectivity index (χ0) is 14.6. The normalized spacial score (nSPS) is 15.6. The Bertz CT molecular complexity index is 451. The molecular weight excluding hydrogens is 274 g/mol. The highest BCUT2D eigenvalue weighted by atomic mass is 32.2. The van der Waals surface area contributed by atoms with E-state index in [1.807, 2.05) is 6.92 Å². The lowest BCUT2D eigenvalue weighted by molar-refractivity contribution is 0.392. The summed E-state index contributed by atoms with van der Waals surface area (Å²) >= 11 is 0. The van der Waals surface area contributed by atoms with Gasteiger partial charge in [-0.1, -0.05) is 6.92 Å². The second-order valence-corrected chi connectivity index (χ2v) is 10.1. The third kappa shape index (κ3) is 5.67. The Hall–Kier alpha value is -0.140. The first-order valence-corrected chi connectivity index (χ1v) is 9.97. The summed E-state index contributed by atoms with van der Waals surface area (Å²) < 4.78 is 44.8. The van der Waals surface area contributed by atoms with Crippen LogP contribution in [-0.2, 0) is 19.7 Å². The average Bonchev–Trinajstić information content (AvgIpc) is 2.12. The molecule has 0 spiro atoms. The fourth-order valence-electron chi connectivity index (χ4n) is 1.75. The molecule has 0 aromatic rings. The van der Waals surface area contributed by atoms with Crippen molar-refractivity contribution in [2.75, 3.05) is 24.8 Å². The molecule has 0 bridgehead atoms. The highest BCUT2D eigenvalue weighted by molar-refractivity contribution is 7.92. The fourth-order valence-corrected chi connectivity index (χ4v) is 3.16. The number of nitrogens with one attached hydrogen (secondary N) is 1. The third-order valence-electron chi connectivity index (χ3n) is 3.25. The summed E-state index contributed by atoms with van der Waals surface area (Å²) in [4.78, 5) is 0. The number of sulfone groups is 2. The van der Waals surface area contributed by atoms with Gasteiger partial charge in [-0.3, -0.25) is 0 Å². The first-order chi connectivity index (χ1) is 7.92. The minimum absolute atomic E-state index is 0.0920. The molecule has 0 aliphatic heterocycles. The quantitative estimate of drug-likeness (QED) is 0.710. The van der Waals surface area contributed by atoms with Crippen molar-refractivity contribution < 1.29 is 16.8 Å². The van der Waals surface area contributed by atoms with Crippen molar-refractivity contribution in [1.82, 2.24) is 5.32 Å². The van der Waals surface area contributed by atoms with E-state index in [4.69, 9.17) is 0 Å². The molecule has 1 atom stereocenters. The average molecular weight is 299 g/mol. The Balaban J connectivity index is 4.78. The van der Waals surface area contributed by atoms with E-state index < -0.39 is 24.4 Å². The van der Waals surface area contributed by atoms with Crippen LogP contribution in [0.3, 0.4) is 0 Å². The largest absolute Gasteiger partial charge is 0.313 e. The molecule has 0 heterocycles. The van der Waals surface area contributed by atoms with Gasteiger partial charge in [-0.2, -0.15) is 0 Å². The molecule has 0 amide bonds. The van der Waals surface area contributed by atoms with Crippen molar-refractivity contribution >= 4 is 19.7 Å². The van der Waals surface area contributed by atoms with Crippen molar-refractivity contribution in [2.24, 2.45) is 0 Å². The van der Waals surface area contributed by atoms with Crippen molar-refractivity contribution in [3.63, 3.8) is 0 Å². The lowest BCUT2D eigenvalue weighted by Gasteiger charge is -2.33. The Labute approximate surface area is 111 Å². The smallest absolute Gasteiger partial charge is 0.154 e. The van der Waals surface area contributed by atoms with Gasteiger partial charge in [0.1, 0.15) is 9.84 Å². The summed E-state index contributed by atoms with van der Waals surface area (Å²) in [5, 5.41) is 3.14. The van der Waals surface area contributed by atoms with Gasteiger partial charge in [0, 0.05) is 24.3 Å². The molecule has 0 radical (unpaired) electrons. The predicted molar refractivity (Wildman–Crippen MR) is 75.3 cm³/mol. The van der Waals surface area contributed by atoms with Gasteiger partial charge < -0.3 is 5.32 Å². The zero-order valence-corrected chi connectivity index (χ0v) is 13.5. The SMILES string of the molecule is CCNC(CCCS(C)(=O)=O)C(C)(C)S(C)(=O)=O. The predicted octanol–water partition coefficient (Wildman–Crippen LogP) is 0.613. The second-order valence-electron chi connectivity index (χ2n) is 5.26. The van der Waals surface area contributed by atoms with E-state index in [1.54, 1.807) is 13.8 Å². The minimum Gasteiger partial charge on any atom is -0.313 e. The maximum absolute atomic E-state index is 11.8. The molecule has 0 aliphatic carbocycles. The summed E-state index contributed by atoms with van der Waals surface area (Å²) in [5.41, 5.74) is 0. The van der Waals surface area contributed by atoms with Gasteiger partial charge in [0.2, 0.25) is 0 Å². The standard InChI is InChI=1S/C11H25NO4S2/c1-6-12-10(8-7-9-17(4,13)14)11(2,3)18(5,15)16/h10,12H,6-9H2,1-5H3. The van der Waals surface area contributed by atoms with Gasteiger partial charge >= 0.3 is 0 Å². The zero-order valence-electron chi connectivity index (χ0n) is 11.9. The van der Waals surface area contributed by atoms with Gasteiger partial charge in [0.25, 0.3) is 0 Å². The molecule has 5 nitrogen and oxygen atoms in total. The third-order valence-corrected chi connectivity index (χ3v) is 6.48. The maximum Gasteiger partial charge on any atom is 0.154 e. The molecular formula is C11H25NO4S2. The van der Waals surface area contributed by atoms with E-state index in [2.05, 4.69) is 5.32 Å². The first kappa shape index (κ1) is 17.9. The lowest BCUT2D eigenvalue weighted by Crippen LogP contribution is -2.51. The molecule has 1 N–H and O–H groups in total. The lowest BCUT2D eigenvalue weighted by atomic mass is 9.98. The summed E-state index contributed by atoms with van der Waals surface area (Å²) in [6.07, 6.45) is 3.40. The molecule has 18 heavy (non-hydrogen) atoms. The van der Waals surface area contributed by atoms with E-state index in [-0.39, 0.29) is 11.8 Å². The van der Waals surface area contributed by atoms with E-state index in [0.717, 1.165) is 0 Å². The Morgan fingerprint density at radius 1 is 1.11 bits per heavy atom. The molecule has 0 saturated carbocycles. The second kappa shape index (κ2) is 6.34. The number of rotatable bonds is 8. The molecule has 0 fully saturated rings. The van der Waals surface area contributed by atoms with Crippen molar-refractivity contribution in [3.8, 4) is 0 Å². The highest BCUT2D eigenvalue weighted by Crippen LogP contribution is 2.23. The summed E-state index contributed by atoms with van der Waals surface area (Å²) in [5.74, 6) is 0.0920. The molecule has 0 aliphatic rings. The van der Waals surface area contributed by atoms with Gasteiger partial charge in [0.05, 0.1) is 4.75 Å². The van der Waals surface area contributed by atoms with Crippen molar-refractivity contribution in [2.45, 2.75) is 44.4 Å². The number of hydrogen-bond donors (Lipinski definition) is 1. The monoisotopic (exact) mass is 299 g/mol. The maximum atomic E-state index is 11.8. The van der Waals surface area contributed by atoms with Crippen molar-refractivity contribution in [1.29, 1.82) is 0 Å². The Morgan fingerprint density at radius 3 is 1.94 bits per heavy atom. The molecule has 110 valence electrons. The van der Waals surface area contributed by atoms with Crippen LogP contribution in [0.4, 0.5) is 0 Å². The molecule has 0 aromatic heterocycles. The topological polar surface area (TPSA) is 80.3 Å². The van der Waals surface area contributed by atoms with Gasteiger partial charge in [0.15, 0.2) is 9.84 Å². The molecule has 0 rings (SSSR count). The molecule has 7 heteroatoms. The van der Waals surface area contributed by atoms with E-state index in [0.29, 0.717) is 19.4 Å². The van der Waals surface area contributed by atoms with Crippen LogP contribution in [0.1, 0.15) is 33.6 Å². The van der Waals surface area contributed by atoms with Gasteiger partial charge in [-0.25, -0.2) is 16.8 Å². The first-order valence-electron chi connectivity index (χ1n) is 6.02. The fraction of sp³-hybridized carbons (Fsp3) is 1.00. The van der Waals surface area contributed by atoms with Crippen LogP contribution >= 0.6 is 0 Å². The highest BCUT2D eigenvalue weighted by Gasteiger charge is 2.38. The van der Waals surface area contributed by atoms with E-state index in [9.17, 15) is 16.8 Å². The molecule has 0 saturated heterocycles. The van der Waals surface area contributed by atoms with Crippen LogP contribution < -0.4 is 5.32 Å². The van der Waals surface area contributed by atoms with Crippen LogP contribution in [0.2, 0.25) is 0 Å². The van der Waals surface area contributed by atoms with Crippen LogP contribution in [0, 0.1) is 0 Å². The number of hydrogen-bond acceptors (Lipinski definition) is 5.